The van der Waals surface area contributed by atoms with Crippen molar-refractivity contribution in [2.45, 2.75) is 0 Å². The van der Waals surface area contributed by atoms with Gasteiger partial charge in [-0.05, 0) is 48.0 Å². The fourth-order valence-electron chi connectivity index (χ4n) is 3.47. The van der Waals surface area contributed by atoms with Crippen molar-refractivity contribution in [2.75, 3.05) is 26.2 Å². The first-order valence-electron chi connectivity index (χ1n) is 9.81. The minimum absolute atomic E-state index is 0.222. The molecule has 1 aliphatic rings. The molecule has 0 aromatic heterocycles. The molecule has 0 radical (unpaired) electrons. The summed E-state index contributed by atoms with van der Waals surface area (Å²) in [5, 5.41) is 0. The van der Waals surface area contributed by atoms with E-state index in [9.17, 15) is 4.79 Å². The Bertz CT molecular complexity index is 1180. The van der Waals surface area contributed by atoms with Crippen LogP contribution in [0.15, 0.2) is 81.9 Å². The zero-order valence-electron chi connectivity index (χ0n) is 17.8. The number of hydrogen-bond donors (Lipinski definition) is 0. The molecule has 0 saturated carbocycles. The number of amidine groups is 1. The van der Waals surface area contributed by atoms with E-state index in [1.54, 1.807) is 44.4 Å². The number of amides is 1. The summed E-state index contributed by atoms with van der Waals surface area (Å²) in [7, 11) is 4.65. The Morgan fingerprint density at radius 3 is 2.06 bits per heavy atom. The smallest absolute Gasteiger partial charge is 0.282 e. The number of halogens is 1. The van der Waals surface area contributed by atoms with Gasteiger partial charge in [-0.2, -0.15) is 0 Å². The summed E-state index contributed by atoms with van der Waals surface area (Å²) >= 11 is 3.45. The van der Waals surface area contributed by atoms with E-state index in [2.05, 4.69) is 15.9 Å². The van der Waals surface area contributed by atoms with Crippen LogP contribution in [-0.2, 0) is 4.79 Å². The van der Waals surface area contributed by atoms with Crippen LogP contribution < -0.4 is 19.1 Å². The van der Waals surface area contributed by atoms with Crippen LogP contribution in [0.5, 0.6) is 17.2 Å². The predicted octanol–water partition coefficient (Wildman–Crippen LogP) is 5.31. The van der Waals surface area contributed by atoms with Crippen molar-refractivity contribution in [3.05, 3.63) is 88.0 Å². The molecular weight excluding hydrogens is 472 g/mol. The average molecular weight is 493 g/mol. The van der Waals surface area contributed by atoms with E-state index < -0.39 is 0 Å². The molecule has 6 nitrogen and oxygen atoms in total. The van der Waals surface area contributed by atoms with Gasteiger partial charge in [-0.1, -0.05) is 46.3 Å². The van der Waals surface area contributed by atoms with E-state index in [0.717, 1.165) is 15.7 Å². The van der Waals surface area contributed by atoms with Gasteiger partial charge in [-0.3, -0.25) is 9.69 Å². The number of benzene rings is 3. The molecule has 1 aliphatic heterocycles. The van der Waals surface area contributed by atoms with Crippen molar-refractivity contribution in [3.63, 3.8) is 0 Å². The highest BCUT2D eigenvalue weighted by Crippen LogP contribution is 2.39. The summed E-state index contributed by atoms with van der Waals surface area (Å²) < 4.78 is 17.2. The highest BCUT2D eigenvalue weighted by Gasteiger charge is 2.32. The molecule has 0 fully saturated rings. The Kier molecular flexibility index (Phi) is 6.28. The molecule has 32 heavy (non-hydrogen) atoms. The van der Waals surface area contributed by atoms with Crippen LogP contribution in [-0.4, -0.2) is 33.1 Å². The fourth-order valence-corrected chi connectivity index (χ4v) is 3.73. The van der Waals surface area contributed by atoms with Crippen molar-refractivity contribution in [2.24, 2.45) is 4.99 Å². The summed E-state index contributed by atoms with van der Waals surface area (Å²) in [5.41, 5.74) is 2.59. The summed E-state index contributed by atoms with van der Waals surface area (Å²) in [6.45, 7) is 0. The van der Waals surface area contributed by atoms with Crippen LogP contribution >= 0.6 is 15.9 Å². The zero-order chi connectivity index (χ0) is 22.7. The Morgan fingerprint density at radius 1 is 0.875 bits per heavy atom. The van der Waals surface area contributed by atoms with E-state index in [1.807, 2.05) is 54.6 Å². The van der Waals surface area contributed by atoms with Gasteiger partial charge in [0.05, 0.1) is 27.0 Å². The second kappa shape index (κ2) is 9.28. The molecule has 0 atom stereocenters. The number of nitrogens with zero attached hydrogens (tertiary/aromatic N) is 2. The molecule has 0 N–H and O–H groups in total. The number of rotatable bonds is 6. The molecule has 162 valence electrons. The number of ether oxygens (including phenoxy) is 3. The molecule has 0 bridgehead atoms. The van der Waals surface area contributed by atoms with Gasteiger partial charge in [0, 0.05) is 10.0 Å². The summed E-state index contributed by atoms with van der Waals surface area (Å²) in [6.07, 6.45) is 1.72. The molecule has 0 aliphatic carbocycles. The van der Waals surface area contributed by atoms with E-state index in [1.165, 1.54) is 0 Å². The maximum absolute atomic E-state index is 13.5. The third-order valence-corrected chi connectivity index (χ3v) is 5.50. The Morgan fingerprint density at radius 2 is 1.50 bits per heavy atom. The molecule has 1 amide bonds. The van der Waals surface area contributed by atoms with Gasteiger partial charge in [-0.25, -0.2) is 4.99 Å². The molecule has 0 unspecified atom stereocenters. The maximum atomic E-state index is 13.5. The van der Waals surface area contributed by atoms with Crippen molar-refractivity contribution in [1.82, 2.24) is 0 Å². The second-order valence-electron chi connectivity index (χ2n) is 6.91. The van der Waals surface area contributed by atoms with Crippen LogP contribution in [0.4, 0.5) is 5.69 Å². The van der Waals surface area contributed by atoms with Gasteiger partial charge in [0.2, 0.25) is 5.75 Å². The first-order chi connectivity index (χ1) is 15.5. The van der Waals surface area contributed by atoms with E-state index in [4.69, 9.17) is 19.2 Å². The standard InChI is InChI=1S/C25H21BrN2O4/c1-30-21-14-16(15-22(31-2)23(21)32-3)13-20-25(29)28(19-11-9-18(26)10-12-19)24(27-20)17-7-5-4-6-8-17/h4-15H,1-3H3. The normalized spacial score (nSPS) is 14.5. The van der Waals surface area contributed by atoms with Crippen molar-refractivity contribution in [3.8, 4) is 17.2 Å². The van der Waals surface area contributed by atoms with Crippen LogP contribution in [0, 0.1) is 0 Å². The lowest BCUT2D eigenvalue weighted by Crippen LogP contribution is -2.32. The monoisotopic (exact) mass is 492 g/mol. The number of hydrogen-bond acceptors (Lipinski definition) is 5. The van der Waals surface area contributed by atoms with Gasteiger partial charge in [-0.15, -0.1) is 0 Å². The van der Waals surface area contributed by atoms with Crippen LogP contribution in [0.3, 0.4) is 0 Å². The zero-order valence-corrected chi connectivity index (χ0v) is 19.4. The number of methoxy groups -OCH3 is 3. The minimum Gasteiger partial charge on any atom is -0.493 e. The van der Waals surface area contributed by atoms with Gasteiger partial charge < -0.3 is 14.2 Å². The van der Waals surface area contributed by atoms with E-state index >= 15 is 0 Å². The average Bonchev–Trinajstić information content (AvgIpc) is 3.15. The number of carbonyl (C=O) groups excluding carboxylic acids is 1. The SMILES string of the molecule is COc1cc(C=C2N=C(c3ccccc3)N(c3ccc(Br)cc3)C2=O)cc(OC)c1OC. The van der Waals surface area contributed by atoms with Crippen LogP contribution in [0.25, 0.3) is 6.08 Å². The highest BCUT2D eigenvalue weighted by atomic mass is 79.9. The number of carbonyl (C=O) groups is 1. The second-order valence-corrected chi connectivity index (χ2v) is 7.82. The third-order valence-electron chi connectivity index (χ3n) is 4.97. The minimum atomic E-state index is -0.222. The topological polar surface area (TPSA) is 60.4 Å². The third kappa shape index (κ3) is 4.11. The van der Waals surface area contributed by atoms with Gasteiger partial charge in [0.25, 0.3) is 5.91 Å². The molecule has 1 heterocycles. The molecule has 0 spiro atoms. The number of anilines is 1. The Hall–Kier alpha value is -3.58. The van der Waals surface area contributed by atoms with Crippen molar-refractivity contribution in [1.29, 1.82) is 0 Å². The largest absolute Gasteiger partial charge is 0.493 e. The molecule has 4 rings (SSSR count). The quantitative estimate of drug-likeness (QED) is 0.437. The van der Waals surface area contributed by atoms with Gasteiger partial charge >= 0.3 is 0 Å². The Balaban J connectivity index is 1.83. The molecular formula is C25H21BrN2O4. The van der Waals surface area contributed by atoms with Gasteiger partial charge in [0.1, 0.15) is 11.5 Å². The molecule has 3 aromatic carbocycles. The van der Waals surface area contributed by atoms with Crippen molar-refractivity contribution >= 4 is 39.4 Å². The molecule has 0 saturated heterocycles. The number of aliphatic imine (C=N–C) groups is 1. The first-order valence-corrected chi connectivity index (χ1v) is 10.6. The summed E-state index contributed by atoms with van der Waals surface area (Å²) in [5.74, 6) is 1.83. The van der Waals surface area contributed by atoms with E-state index in [-0.39, 0.29) is 5.91 Å². The molecule has 7 heteroatoms. The molecule has 3 aromatic rings. The summed E-state index contributed by atoms with van der Waals surface area (Å²) in [6, 6.07) is 20.7. The van der Waals surface area contributed by atoms with Crippen molar-refractivity contribution < 1.29 is 19.0 Å². The lowest BCUT2D eigenvalue weighted by Gasteiger charge is -2.18. The first kappa shape index (κ1) is 21.6. The van der Waals surface area contributed by atoms with Crippen LogP contribution in [0.1, 0.15) is 11.1 Å². The van der Waals surface area contributed by atoms with E-state index in [0.29, 0.717) is 34.3 Å². The fraction of sp³-hybridized carbons (Fsp3) is 0.120. The lowest BCUT2D eigenvalue weighted by atomic mass is 10.1. The maximum Gasteiger partial charge on any atom is 0.282 e. The van der Waals surface area contributed by atoms with Crippen LogP contribution in [0.2, 0.25) is 0 Å². The summed E-state index contributed by atoms with van der Waals surface area (Å²) in [4.78, 5) is 19.8. The lowest BCUT2D eigenvalue weighted by molar-refractivity contribution is -0.113. The highest BCUT2D eigenvalue weighted by molar-refractivity contribution is 9.10. The van der Waals surface area contributed by atoms with Gasteiger partial charge in [0.15, 0.2) is 11.5 Å². The Labute approximate surface area is 194 Å². The predicted molar refractivity (Wildman–Crippen MR) is 129 cm³/mol.